The molecule has 0 saturated carbocycles. The van der Waals surface area contributed by atoms with Crippen molar-refractivity contribution in [1.82, 2.24) is 0 Å². The third-order valence-corrected chi connectivity index (χ3v) is 3.49. The quantitative estimate of drug-likeness (QED) is 0.865. The van der Waals surface area contributed by atoms with Crippen molar-refractivity contribution < 1.29 is 9.84 Å². The maximum absolute atomic E-state index is 9.76. The maximum atomic E-state index is 9.76. The lowest BCUT2D eigenvalue weighted by Crippen LogP contribution is -2.04. The van der Waals surface area contributed by atoms with Gasteiger partial charge in [0.25, 0.3) is 0 Å². The van der Waals surface area contributed by atoms with E-state index in [9.17, 15) is 5.11 Å². The fourth-order valence-corrected chi connectivity index (χ4v) is 2.22. The highest BCUT2D eigenvalue weighted by atomic mass is 35.5. The second-order valence-electron chi connectivity index (χ2n) is 4.93. The third-order valence-electron chi connectivity index (χ3n) is 3.25. The van der Waals surface area contributed by atoms with Crippen molar-refractivity contribution in [2.24, 2.45) is 0 Å². The molecule has 0 aliphatic carbocycles. The van der Waals surface area contributed by atoms with Gasteiger partial charge >= 0.3 is 0 Å². The first-order chi connectivity index (χ1) is 10.0. The molecule has 1 atom stereocenters. The summed E-state index contributed by atoms with van der Waals surface area (Å²) in [7, 11) is 0. The van der Waals surface area contributed by atoms with Gasteiger partial charge in [0, 0.05) is 10.6 Å². The SMILES string of the molecule is Cc1ccc(C)c(OCc2ccc(Cl)cc2C(O)C#N)c1. The van der Waals surface area contributed by atoms with Crippen LogP contribution in [0.4, 0.5) is 0 Å². The number of benzene rings is 2. The molecule has 0 spiro atoms. The van der Waals surface area contributed by atoms with Gasteiger partial charge < -0.3 is 9.84 Å². The molecule has 21 heavy (non-hydrogen) atoms. The molecule has 0 bridgehead atoms. The predicted octanol–water partition coefficient (Wildman–Crippen LogP) is 4.09. The molecule has 0 aliphatic rings. The first-order valence-corrected chi connectivity index (χ1v) is 6.95. The van der Waals surface area contributed by atoms with Crippen molar-refractivity contribution in [3.8, 4) is 11.8 Å². The zero-order valence-electron chi connectivity index (χ0n) is 11.9. The summed E-state index contributed by atoms with van der Waals surface area (Å²) in [5.74, 6) is 0.794. The van der Waals surface area contributed by atoms with Crippen LogP contribution in [0, 0.1) is 25.2 Å². The third kappa shape index (κ3) is 3.75. The van der Waals surface area contributed by atoms with Gasteiger partial charge in [0.05, 0.1) is 6.07 Å². The molecule has 0 radical (unpaired) electrons. The van der Waals surface area contributed by atoms with Crippen LogP contribution in [-0.4, -0.2) is 5.11 Å². The fourth-order valence-electron chi connectivity index (χ4n) is 2.04. The predicted molar refractivity (Wildman–Crippen MR) is 82.3 cm³/mol. The van der Waals surface area contributed by atoms with Crippen LogP contribution in [0.15, 0.2) is 36.4 Å². The number of aryl methyl sites for hydroxylation is 2. The highest BCUT2D eigenvalue weighted by Crippen LogP contribution is 2.25. The van der Waals surface area contributed by atoms with E-state index < -0.39 is 6.10 Å². The molecule has 0 aliphatic heterocycles. The minimum Gasteiger partial charge on any atom is -0.489 e. The lowest BCUT2D eigenvalue weighted by Gasteiger charge is -2.14. The summed E-state index contributed by atoms with van der Waals surface area (Å²) in [5.41, 5.74) is 3.38. The van der Waals surface area contributed by atoms with Crippen molar-refractivity contribution in [3.63, 3.8) is 0 Å². The highest BCUT2D eigenvalue weighted by Gasteiger charge is 2.13. The monoisotopic (exact) mass is 301 g/mol. The van der Waals surface area contributed by atoms with E-state index >= 15 is 0 Å². The first-order valence-electron chi connectivity index (χ1n) is 6.57. The summed E-state index contributed by atoms with van der Waals surface area (Å²) >= 11 is 5.92. The lowest BCUT2D eigenvalue weighted by atomic mass is 10.0. The summed E-state index contributed by atoms with van der Waals surface area (Å²) in [5, 5.41) is 19.1. The van der Waals surface area contributed by atoms with E-state index in [0.717, 1.165) is 22.4 Å². The Hall–Kier alpha value is -2.02. The molecule has 2 aromatic carbocycles. The Labute approximate surface area is 129 Å². The second kappa shape index (κ2) is 6.62. The number of rotatable bonds is 4. The molecular weight excluding hydrogens is 286 g/mol. The van der Waals surface area contributed by atoms with E-state index in [1.54, 1.807) is 18.2 Å². The molecule has 3 nitrogen and oxygen atoms in total. The maximum Gasteiger partial charge on any atom is 0.166 e. The van der Waals surface area contributed by atoms with Gasteiger partial charge in [0.2, 0.25) is 0 Å². The number of hydrogen-bond acceptors (Lipinski definition) is 3. The summed E-state index contributed by atoms with van der Waals surface area (Å²) < 4.78 is 5.82. The van der Waals surface area contributed by atoms with E-state index in [4.69, 9.17) is 21.6 Å². The zero-order chi connectivity index (χ0) is 15.4. The van der Waals surface area contributed by atoms with Crippen LogP contribution < -0.4 is 4.74 Å². The van der Waals surface area contributed by atoms with Gasteiger partial charge in [-0.05, 0) is 48.7 Å². The Morgan fingerprint density at radius 1 is 1.24 bits per heavy atom. The van der Waals surface area contributed by atoms with Gasteiger partial charge in [-0.2, -0.15) is 5.26 Å². The van der Waals surface area contributed by atoms with E-state index in [0.29, 0.717) is 10.6 Å². The van der Waals surface area contributed by atoms with E-state index in [-0.39, 0.29) is 6.61 Å². The Balaban J connectivity index is 2.24. The van der Waals surface area contributed by atoms with E-state index in [1.165, 1.54) is 0 Å². The van der Waals surface area contributed by atoms with Crippen LogP contribution in [-0.2, 0) is 6.61 Å². The molecule has 0 fully saturated rings. The number of nitriles is 1. The van der Waals surface area contributed by atoms with Crippen LogP contribution in [0.2, 0.25) is 5.02 Å². The molecule has 108 valence electrons. The van der Waals surface area contributed by atoms with Gasteiger partial charge in [-0.3, -0.25) is 0 Å². The number of hydrogen-bond donors (Lipinski definition) is 1. The van der Waals surface area contributed by atoms with Crippen LogP contribution in [0.5, 0.6) is 5.75 Å². The standard InChI is InChI=1S/C17H16ClNO2/c1-11-3-4-12(2)17(7-11)21-10-13-5-6-14(18)8-15(13)16(20)9-19/h3-8,16,20H,10H2,1-2H3. The topological polar surface area (TPSA) is 53.2 Å². The van der Waals surface area contributed by atoms with Gasteiger partial charge in [0.15, 0.2) is 6.10 Å². The van der Waals surface area contributed by atoms with Crippen molar-refractivity contribution >= 4 is 11.6 Å². The molecule has 1 unspecified atom stereocenters. The molecule has 0 heterocycles. The van der Waals surface area contributed by atoms with Crippen molar-refractivity contribution in [3.05, 3.63) is 63.7 Å². The Bertz CT molecular complexity index is 692. The van der Waals surface area contributed by atoms with E-state index in [2.05, 4.69) is 0 Å². The zero-order valence-corrected chi connectivity index (χ0v) is 12.7. The summed E-state index contributed by atoms with van der Waals surface area (Å²) in [6.07, 6.45) is -1.21. The lowest BCUT2D eigenvalue weighted by molar-refractivity contribution is 0.229. The molecule has 2 rings (SSSR count). The minimum atomic E-state index is -1.21. The Morgan fingerprint density at radius 3 is 2.71 bits per heavy atom. The average molecular weight is 302 g/mol. The molecule has 1 N–H and O–H groups in total. The van der Waals surface area contributed by atoms with Crippen LogP contribution in [0.1, 0.15) is 28.4 Å². The fraction of sp³-hybridized carbons (Fsp3) is 0.235. The van der Waals surface area contributed by atoms with Crippen molar-refractivity contribution in [1.29, 1.82) is 5.26 Å². The smallest absolute Gasteiger partial charge is 0.166 e. The molecule has 0 saturated heterocycles. The van der Waals surface area contributed by atoms with Crippen molar-refractivity contribution in [2.75, 3.05) is 0 Å². The van der Waals surface area contributed by atoms with Gasteiger partial charge in [-0.25, -0.2) is 0 Å². The average Bonchev–Trinajstić information content (AvgIpc) is 2.48. The summed E-state index contributed by atoms with van der Waals surface area (Å²) in [4.78, 5) is 0. The molecule has 0 amide bonds. The van der Waals surface area contributed by atoms with E-state index in [1.807, 2.05) is 38.1 Å². The normalized spacial score (nSPS) is 11.8. The van der Waals surface area contributed by atoms with Crippen LogP contribution >= 0.6 is 11.6 Å². The largest absolute Gasteiger partial charge is 0.489 e. The van der Waals surface area contributed by atoms with Gasteiger partial charge in [-0.15, -0.1) is 0 Å². The number of aliphatic hydroxyl groups is 1. The van der Waals surface area contributed by atoms with Gasteiger partial charge in [-0.1, -0.05) is 29.8 Å². The van der Waals surface area contributed by atoms with Crippen LogP contribution in [0.25, 0.3) is 0 Å². The second-order valence-corrected chi connectivity index (χ2v) is 5.37. The molecule has 2 aromatic rings. The van der Waals surface area contributed by atoms with Gasteiger partial charge in [0.1, 0.15) is 12.4 Å². The Morgan fingerprint density at radius 2 is 2.00 bits per heavy atom. The van der Waals surface area contributed by atoms with Crippen molar-refractivity contribution in [2.45, 2.75) is 26.6 Å². The summed E-state index contributed by atoms with van der Waals surface area (Å²) in [6.45, 7) is 4.25. The highest BCUT2D eigenvalue weighted by molar-refractivity contribution is 6.30. The number of aliphatic hydroxyl groups excluding tert-OH is 1. The van der Waals surface area contributed by atoms with Crippen LogP contribution in [0.3, 0.4) is 0 Å². The number of nitrogens with zero attached hydrogens (tertiary/aromatic N) is 1. The number of halogens is 1. The Kier molecular flexibility index (Phi) is 4.85. The molecule has 0 aromatic heterocycles. The molecular formula is C17H16ClNO2. The first kappa shape index (κ1) is 15.4. The molecule has 4 heteroatoms. The minimum absolute atomic E-state index is 0.273. The number of ether oxygens (including phenoxy) is 1. The summed E-state index contributed by atoms with van der Waals surface area (Å²) in [6, 6.07) is 12.9.